The van der Waals surface area contributed by atoms with E-state index in [4.69, 9.17) is 18.9 Å². The zero-order valence-corrected chi connectivity index (χ0v) is 19.9. The van der Waals surface area contributed by atoms with Crippen LogP contribution in [-0.4, -0.2) is 47.9 Å². The van der Waals surface area contributed by atoms with Gasteiger partial charge in [0.2, 0.25) is 0 Å². The summed E-state index contributed by atoms with van der Waals surface area (Å²) in [7, 11) is 0. The number of esters is 3. The van der Waals surface area contributed by atoms with Crippen LogP contribution in [-0.2, 0) is 33.3 Å². The van der Waals surface area contributed by atoms with Crippen LogP contribution in [0.5, 0.6) is 0 Å². The minimum Gasteiger partial charge on any atom is -0.459 e. The summed E-state index contributed by atoms with van der Waals surface area (Å²) in [6.45, 7) is 13.9. The molecule has 2 aliphatic rings. The van der Waals surface area contributed by atoms with E-state index in [1.165, 1.54) is 13.8 Å². The molecule has 2 rings (SSSR count). The molecular weight excluding hydrogens is 400 g/mol. The lowest BCUT2D eigenvalue weighted by molar-refractivity contribution is -0.178. The Hall–Kier alpha value is -2.15. The summed E-state index contributed by atoms with van der Waals surface area (Å²) in [4.78, 5) is 36.8. The van der Waals surface area contributed by atoms with Gasteiger partial charge in [0.1, 0.15) is 18.3 Å². The first-order valence-corrected chi connectivity index (χ1v) is 10.9. The summed E-state index contributed by atoms with van der Waals surface area (Å²) in [6.07, 6.45) is 2.52. The molecule has 7 nitrogen and oxygen atoms in total. The fourth-order valence-corrected chi connectivity index (χ4v) is 4.33. The Kier molecular flexibility index (Phi) is 8.09. The van der Waals surface area contributed by atoms with Crippen LogP contribution in [0.1, 0.15) is 68.2 Å². The van der Waals surface area contributed by atoms with Gasteiger partial charge in [-0.05, 0) is 52.0 Å². The fraction of sp³-hybridized carbons (Fsp3) is 0.708. The molecule has 6 atom stereocenters. The highest BCUT2D eigenvalue weighted by molar-refractivity contribution is 5.88. The van der Waals surface area contributed by atoms with Gasteiger partial charge in [0.15, 0.2) is 6.10 Å². The predicted octanol–water partition coefficient (Wildman–Crippen LogP) is 3.90. The Balaban J connectivity index is 2.60. The van der Waals surface area contributed by atoms with Crippen molar-refractivity contribution in [2.75, 3.05) is 0 Å². The maximum absolute atomic E-state index is 12.7. The van der Waals surface area contributed by atoms with E-state index in [1.54, 1.807) is 19.9 Å². The van der Waals surface area contributed by atoms with Crippen molar-refractivity contribution in [1.82, 2.24) is 0 Å². The number of allylic oxidation sites excluding steroid dienone is 2. The molecule has 0 saturated carbocycles. The number of carbonyl (C=O) groups excluding carboxylic acids is 3. The minimum absolute atomic E-state index is 0.0570. The van der Waals surface area contributed by atoms with Gasteiger partial charge in [-0.15, -0.1) is 0 Å². The van der Waals surface area contributed by atoms with Gasteiger partial charge in [0.25, 0.3) is 0 Å². The van der Waals surface area contributed by atoms with Gasteiger partial charge in [-0.25, -0.2) is 4.79 Å². The Morgan fingerprint density at radius 2 is 1.68 bits per heavy atom. The van der Waals surface area contributed by atoms with Gasteiger partial charge < -0.3 is 18.9 Å². The summed E-state index contributed by atoms with van der Waals surface area (Å²) in [6, 6.07) is 0. The lowest BCUT2D eigenvalue weighted by atomic mass is 9.77. The smallest absolute Gasteiger partial charge is 0.334 e. The molecule has 0 aromatic rings. The van der Waals surface area contributed by atoms with E-state index in [0.717, 1.165) is 12.0 Å². The van der Waals surface area contributed by atoms with Gasteiger partial charge in [-0.2, -0.15) is 0 Å². The monoisotopic (exact) mass is 436 g/mol. The summed E-state index contributed by atoms with van der Waals surface area (Å²) in [5, 5.41) is 0. The third-order valence-electron chi connectivity index (χ3n) is 6.22. The maximum Gasteiger partial charge on any atom is 0.334 e. The highest BCUT2D eigenvalue weighted by atomic mass is 16.6. The molecule has 0 N–H and O–H groups in total. The molecule has 0 spiro atoms. The Labute approximate surface area is 185 Å². The molecule has 174 valence electrons. The molecule has 0 unspecified atom stereocenters. The summed E-state index contributed by atoms with van der Waals surface area (Å²) in [5.41, 5.74) is 0.830. The van der Waals surface area contributed by atoms with Gasteiger partial charge in [-0.3, -0.25) is 9.59 Å². The van der Waals surface area contributed by atoms with Gasteiger partial charge in [0.05, 0.1) is 5.60 Å². The molecule has 1 aliphatic heterocycles. The molecule has 0 aromatic heterocycles. The Morgan fingerprint density at radius 3 is 2.19 bits per heavy atom. The average Bonchev–Trinajstić information content (AvgIpc) is 3.33. The van der Waals surface area contributed by atoms with Crippen LogP contribution in [0.3, 0.4) is 0 Å². The summed E-state index contributed by atoms with van der Waals surface area (Å²) < 4.78 is 23.4. The van der Waals surface area contributed by atoms with Crippen LogP contribution < -0.4 is 0 Å². The second kappa shape index (κ2) is 9.98. The molecule has 0 amide bonds. The highest BCUT2D eigenvalue weighted by Gasteiger charge is 2.61. The van der Waals surface area contributed by atoms with Crippen molar-refractivity contribution in [2.45, 2.75) is 98.2 Å². The van der Waals surface area contributed by atoms with Gasteiger partial charge in [-0.1, -0.05) is 26.0 Å². The summed E-state index contributed by atoms with van der Waals surface area (Å²) >= 11 is 0. The van der Waals surface area contributed by atoms with Crippen molar-refractivity contribution in [2.24, 2.45) is 11.8 Å². The third kappa shape index (κ3) is 5.97. The van der Waals surface area contributed by atoms with E-state index in [0.29, 0.717) is 12.0 Å². The standard InChI is InChI=1S/C24H36O7/c1-9-14(4)23(27)30-19-15(5)11-10-12-24(8)22(31-24)21(29-17(7)26)18(13(2)3)20(19)28-16(6)25/h9,11,13,18-22H,10,12H2,1-8H3/b14-9+,15-11+/t18-,19+,20-,21-,22+,24+/m0/s1. The molecule has 0 bridgehead atoms. The molecule has 0 aromatic carbocycles. The lowest BCUT2D eigenvalue weighted by Gasteiger charge is -2.39. The fourth-order valence-electron chi connectivity index (χ4n) is 4.33. The van der Waals surface area contributed by atoms with Crippen molar-refractivity contribution in [3.05, 3.63) is 23.3 Å². The largest absolute Gasteiger partial charge is 0.459 e. The Morgan fingerprint density at radius 1 is 1.10 bits per heavy atom. The zero-order chi connectivity index (χ0) is 23.5. The first-order chi connectivity index (χ1) is 14.4. The molecular formula is C24H36O7. The maximum atomic E-state index is 12.7. The van der Waals surface area contributed by atoms with Crippen LogP contribution in [0.2, 0.25) is 0 Å². The van der Waals surface area contributed by atoms with Crippen LogP contribution in [0, 0.1) is 11.8 Å². The first-order valence-electron chi connectivity index (χ1n) is 10.9. The topological polar surface area (TPSA) is 91.4 Å². The van der Waals surface area contributed by atoms with Crippen LogP contribution >= 0.6 is 0 Å². The van der Waals surface area contributed by atoms with Crippen LogP contribution in [0.15, 0.2) is 23.3 Å². The highest BCUT2D eigenvalue weighted by Crippen LogP contribution is 2.48. The molecule has 1 aliphatic carbocycles. The average molecular weight is 437 g/mol. The minimum atomic E-state index is -0.835. The van der Waals surface area contributed by atoms with Crippen LogP contribution in [0.25, 0.3) is 0 Å². The second-order valence-corrected chi connectivity index (χ2v) is 9.10. The Bertz CT molecular complexity index is 766. The van der Waals surface area contributed by atoms with Crippen molar-refractivity contribution in [1.29, 1.82) is 0 Å². The van der Waals surface area contributed by atoms with Gasteiger partial charge >= 0.3 is 17.9 Å². The van der Waals surface area contributed by atoms with Crippen molar-refractivity contribution < 1.29 is 33.3 Å². The first kappa shape index (κ1) is 25.1. The van der Waals surface area contributed by atoms with E-state index < -0.39 is 47.7 Å². The molecule has 31 heavy (non-hydrogen) atoms. The quantitative estimate of drug-likeness (QED) is 0.212. The number of ether oxygens (including phenoxy) is 4. The molecule has 7 heteroatoms. The van der Waals surface area contributed by atoms with E-state index in [-0.39, 0.29) is 12.0 Å². The SMILES string of the molecule is C/C=C(\C)C(=O)O[C@@H]1/C(C)=C/CC[C@@]2(C)O[C@@H]2[C@@H](OC(C)=O)[C@@H](C(C)C)[C@@H]1OC(C)=O. The van der Waals surface area contributed by atoms with Crippen LogP contribution in [0.4, 0.5) is 0 Å². The molecule has 1 saturated heterocycles. The van der Waals surface area contributed by atoms with E-state index >= 15 is 0 Å². The van der Waals surface area contributed by atoms with Crippen molar-refractivity contribution >= 4 is 17.9 Å². The summed E-state index contributed by atoms with van der Waals surface area (Å²) in [5.74, 6) is -1.90. The van der Waals surface area contributed by atoms with E-state index in [9.17, 15) is 14.4 Å². The normalized spacial score (nSPS) is 35.3. The number of fused-ring (bicyclic) bond motifs is 1. The third-order valence-corrected chi connectivity index (χ3v) is 6.22. The second-order valence-electron chi connectivity index (χ2n) is 9.10. The molecule has 0 radical (unpaired) electrons. The number of carbonyl (C=O) groups is 3. The lowest BCUT2D eigenvalue weighted by Crippen LogP contribution is -2.51. The zero-order valence-electron chi connectivity index (χ0n) is 19.9. The van der Waals surface area contributed by atoms with E-state index in [2.05, 4.69) is 0 Å². The number of hydrogen-bond acceptors (Lipinski definition) is 7. The van der Waals surface area contributed by atoms with Crippen molar-refractivity contribution in [3.63, 3.8) is 0 Å². The van der Waals surface area contributed by atoms with E-state index in [1.807, 2.05) is 33.8 Å². The molecule has 1 fully saturated rings. The molecule has 1 heterocycles. The number of rotatable bonds is 5. The van der Waals surface area contributed by atoms with Gasteiger partial charge in [0, 0.05) is 25.3 Å². The van der Waals surface area contributed by atoms with Crippen molar-refractivity contribution in [3.8, 4) is 0 Å². The number of hydrogen-bond donors (Lipinski definition) is 0. The predicted molar refractivity (Wildman–Crippen MR) is 115 cm³/mol. The number of epoxide rings is 1.